The van der Waals surface area contributed by atoms with Gasteiger partial charge in [0.25, 0.3) is 0 Å². The molecule has 0 spiro atoms. The number of aliphatic carboxylic acids is 3. The number of carboxylic acids is 4. The molecule has 0 radical (unpaired) electrons. The van der Waals surface area contributed by atoms with Crippen molar-refractivity contribution in [2.24, 2.45) is 5.92 Å². The lowest BCUT2D eigenvalue weighted by Crippen LogP contribution is -2.53. The molecule has 0 amide bonds. The first-order valence-corrected chi connectivity index (χ1v) is 5.99. The molecule has 114 valence electrons. The molecule has 8 heteroatoms. The van der Waals surface area contributed by atoms with Crippen molar-refractivity contribution in [2.45, 2.75) is 5.41 Å². The summed E-state index contributed by atoms with van der Waals surface area (Å²) in [6.07, 6.45) is 2.01. The lowest BCUT2D eigenvalue weighted by atomic mass is 9.65. The SMILES string of the molecule is O=C(O)c1cccc2c1C=CC(C(=O)O)C2(C(=O)O)C(=O)O. The van der Waals surface area contributed by atoms with Crippen LogP contribution < -0.4 is 0 Å². The molecule has 0 saturated carbocycles. The van der Waals surface area contributed by atoms with E-state index in [4.69, 9.17) is 5.11 Å². The Kier molecular flexibility index (Phi) is 3.46. The highest BCUT2D eigenvalue weighted by Gasteiger charge is 2.59. The van der Waals surface area contributed by atoms with Crippen molar-refractivity contribution >= 4 is 30.0 Å². The van der Waals surface area contributed by atoms with Gasteiger partial charge in [0.2, 0.25) is 5.41 Å². The van der Waals surface area contributed by atoms with E-state index in [0.29, 0.717) is 0 Å². The van der Waals surface area contributed by atoms with Crippen molar-refractivity contribution in [2.75, 3.05) is 0 Å². The van der Waals surface area contributed by atoms with Crippen LogP contribution in [0.1, 0.15) is 21.5 Å². The second kappa shape index (κ2) is 4.99. The third kappa shape index (κ3) is 1.85. The zero-order chi connectivity index (χ0) is 16.7. The Labute approximate surface area is 122 Å². The molecule has 1 aromatic rings. The highest BCUT2D eigenvalue weighted by molar-refractivity contribution is 6.11. The molecule has 0 bridgehead atoms. The van der Waals surface area contributed by atoms with Crippen LogP contribution >= 0.6 is 0 Å². The minimum Gasteiger partial charge on any atom is -0.481 e. The van der Waals surface area contributed by atoms with Crippen LogP contribution in [-0.4, -0.2) is 44.3 Å². The van der Waals surface area contributed by atoms with Gasteiger partial charge in [-0.25, -0.2) is 4.79 Å². The lowest BCUT2D eigenvalue weighted by Gasteiger charge is -2.34. The van der Waals surface area contributed by atoms with Gasteiger partial charge in [-0.2, -0.15) is 0 Å². The first kappa shape index (κ1) is 15.2. The monoisotopic (exact) mass is 306 g/mol. The summed E-state index contributed by atoms with van der Waals surface area (Å²) in [5.41, 5.74) is -3.59. The number of aromatic carboxylic acids is 1. The molecule has 0 aromatic heterocycles. The van der Waals surface area contributed by atoms with Gasteiger partial charge in [-0.1, -0.05) is 24.3 Å². The van der Waals surface area contributed by atoms with Gasteiger partial charge in [0.1, 0.15) is 5.92 Å². The van der Waals surface area contributed by atoms with Crippen molar-refractivity contribution in [3.63, 3.8) is 0 Å². The number of rotatable bonds is 4. The molecule has 1 aliphatic rings. The van der Waals surface area contributed by atoms with E-state index in [9.17, 15) is 34.5 Å². The minimum atomic E-state index is -2.79. The predicted molar refractivity (Wildman–Crippen MR) is 70.5 cm³/mol. The number of carbonyl (C=O) groups is 4. The Hall–Kier alpha value is -3.16. The quantitative estimate of drug-likeness (QED) is 0.588. The molecule has 0 fully saturated rings. The second-order valence-corrected chi connectivity index (χ2v) is 4.67. The number of benzene rings is 1. The summed E-state index contributed by atoms with van der Waals surface area (Å²) in [6.45, 7) is 0. The second-order valence-electron chi connectivity index (χ2n) is 4.67. The van der Waals surface area contributed by atoms with Crippen LogP contribution in [0.2, 0.25) is 0 Å². The normalized spacial score (nSPS) is 18.3. The van der Waals surface area contributed by atoms with Crippen LogP contribution in [0, 0.1) is 5.92 Å². The number of carboxylic acid groups (broad SMARTS) is 4. The third-order valence-electron chi connectivity index (χ3n) is 3.62. The summed E-state index contributed by atoms with van der Waals surface area (Å²) in [5.74, 6) is -8.62. The molecule has 2 rings (SSSR count). The van der Waals surface area contributed by atoms with Gasteiger partial charge in [-0.05, 0) is 17.2 Å². The Morgan fingerprint density at radius 2 is 1.55 bits per heavy atom. The van der Waals surface area contributed by atoms with E-state index in [-0.39, 0.29) is 16.7 Å². The van der Waals surface area contributed by atoms with E-state index in [1.54, 1.807) is 0 Å². The predicted octanol–water partition coefficient (Wildman–Crippen LogP) is 0.519. The summed E-state index contributed by atoms with van der Waals surface area (Å²) in [4.78, 5) is 45.8. The molecule has 22 heavy (non-hydrogen) atoms. The fourth-order valence-corrected chi connectivity index (χ4v) is 2.63. The highest BCUT2D eigenvalue weighted by atomic mass is 16.4. The summed E-state index contributed by atoms with van der Waals surface area (Å²) < 4.78 is 0. The molecule has 1 aliphatic carbocycles. The maximum absolute atomic E-state index is 11.7. The van der Waals surface area contributed by atoms with E-state index in [0.717, 1.165) is 18.2 Å². The smallest absolute Gasteiger partial charge is 0.336 e. The Morgan fingerprint density at radius 3 is 2.00 bits per heavy atom. The van der Waals surface area contributed by atoms with Crippen LogP contribution in [0.15, 0.2) is 24.3 Å². The molecular formula is C14H10O8. The van der Waals surface area contributed by atoms with Crippen molar-refractivity contribution < 1.29 is 39.6 Å². The third-order valence-corrected chi connectivity index (χ3v) is 3.62. The number of hydrogen-bond donors (Lipinski definition) is 4. The number of hydrogen-bond acceptors (Lipinski definition) is 4. The van der Waals surface area contributed by atoms with Gasteiger partial charge in [0.15, 0.2) is 0 Å². The minimum absolute atomic E-state index is 0.127. The summed E-state index contributed by atoms with van der Waals surface area (Å²) in [7, 11) is 0. The van der Waals surface area contributed by atoms with Gasteiger partial charge in [0.05, 0.1) is 5.56 Å². The highest BCUT2D eigenvalue weighted by Crippen LogP contribution is 2.42. The molecule has 4 N–H and O–H groups in total. The Balaban J connectivity index is 2.91. The van der Waals surface area contributed by atoms with Crippen LogP contribution in [0.25, 0.3) is 6.08 Å². The molecule has 0 aliphatic heterocycles. The Bertz CT molecular complexity index is 716. The van der Waals surface area contributed by atoms with Crippen molar-refractivity contribution in [3.8, 4) is 0 Å². The van der Waals surface area contributed by atoms with Crippen molar-refractivity contribution in [1.82, 2.24) is 0 Å². The topological polar surface area (TPSA) is 149 Å². The largest absolute Gasteiger partial charge is 0.481 e. The van der Waals surface area contributed by atoms with Crippen LogP contribution in [0.4, 0.5) is 0 Å². The fourth-order valence-electron chi connectivity index (χ4n) is 2.63. The Morgan fingerprint density at radius 1 is 0.955 bits per heavy atom. The molecule has 1 atom stereocenters. The van der Waals surface area contributed by atoms with Crippen molar-refractivity contribution in [3.05, 3.63) is 41.0 Å². The van der Waals surface area contributed by atoms with Crippen LogP contribution in [0.3, 0.4) is 0 Å². The summed E-state index contributed by atoms with van der Waals surface area (Å²) in [5, 5.41) is 37.2. The fraction of sp³-hybridized carbons (Fsp3) is 0.143. The first-order valence-electron chi connectivity index (χ1n) is 5.99. The molecular weight excluding hydrogens is 296 g/mol. The lowest BCUT2D eigenvalue weighted by molar-refractivity contribution is -0.166. The van der Waals surface area contributed by atoms with Gasteiger partial charge < -0.3 is 20.4 Å². The van der Waals surface area contributed by atoms with Crippen molar-refractivity contribution in [1.29, 1.82) is 0 Å². The summed E-state index contributed by atoms with van der Waals surface area (Å²) >= 11 is 0. The zero-order valence-electron chi connectivity index (χ0n) is 10.9. The van der Waals surface area contributed by atoms with Crippen LogP contribution in [0.5, 0.6) is 0 Å². The maximum atomic E-state index is 11.7. The van der Waals surface area contributed by atoms with E-state index < -0.39 is 35.2 Å². The average molecular weight is 306 g/mol. The van der Waals surface area contributed by atoms with Gasteiger partial charge in [-0.15, -0.1) is 0 Å². The van der Waals surface area contributed by atoms with E-state index >= 15 is 0 Å². The maximum Gasteiger partial charge on any atom is 0.336 e. The summed E-state index contributed by atoms with van der Waals surface area (Å²) in [6, 6.07) is 3.48. The average Bonchev–Trinajstić information content (AvgIpc) is 2.43. The van der Waals surface area contributed by atoms with Gasteiger partial charge in [0, 0.05) is 0 Å². The van der Waals surface area contributed by atoms with Gasteiger partial charge in [-0.3, -0.25) is 14.4 Å². The standard InChI is InChI=1S/C14H10O8/c15-10(16)7-2-1-3-8-6(7)4-5-9(11(17)18)14(8,12(19)20)13(21)22/h1-5,9H,(H,15,16)(H,17,18)(H,19,20)(H,21,22). The number of fused-ring (bicyclic) bond motifs is 1. The first-order chi connectivity index (χ1) is 10.2. The zero-order valence-corrected chi connectivity index (χ0v) is 10.9. The van der Waals surface area contributed by atoms with E-state index in [1.165, 1.54) is 12.1 Å². The van der Waals surface area contributed by atoms with E-state index in [1.807, 2.05) is 0 Å². The molecule has 1 aromatic carbocycles. The van der Waals surface area contributed by atoms with Gasteiger partial charge >= 0.3 is 23.9 Å². The molecule has 1 unspecified atom stereocenters. The molecule has 8 nitrogen and oxygen atoms in total. The van der Waals surface area contributed by atoms with E-state index in [2.05, 4.69) is 0 Å². The van der Waals surface area contributed by atoms with Crippen LogP contribution in [-0.2, 0) is 19.8 Å². The molecule has 0 heterocycles. The molecule has 0 saturated heterocycles.